The minimum Gasteiger partial charge on any atom is -0.508 e. The van der Waals surface area contributed by atoms with Gasteiger partial charge in [0.15, 0.2) is 0 Å². The van der Waals surface area contributed by atoms with Crippen LogP contribution in [0.1, 0.15) is 83.0 Å². The number of aromatic hydroxyl groups is 1. The number of carbonyl (C=O) groups is 1. The van der Waals surface area contributed by atoms with E-state index < -0.39 is 23.5 Å². The lowest BCUT2D eigenvalue weighted by molar-refractivity contribution is 0.0952. The summed E-state index contributed by atoms with van der Waals surface area (Å²) < 4.78 is 48.8. The third kappa shape index (κ3) is 9.59. The zero-order valence-electron chi connectivity index (χ0n) is 29.7. The van der Waals surface area contributed by atoms with E-state index in [-0.39, 0.29) is 40.8 Å². The first-order chi connectivity index (χ1) is 23.9. The molecule has 0 bridgehead atoms. The van der Waals surface area contributed by atoms with Crippen molar-refractivity contribution in [2.45, 2.75) is 53.4 Å². The highest BCUT2D eigenvalue weighted by atomic mass is 31.0. The van der Waals surface area contributed by atoms with Crippen LogP contribution in [-0.2, 0) is 4.84 Å². The summed E-state index contributed by atoms with van der Waals surface area (Å²) in [6.45, 7) is 11.3. The molecular formula is C39H45F3N3O4P. The summed E-state index contributed by atoms with van der Waals surface area (Å²) in [4.78, 5) is 17.7. The van der Waals surface area contributed by atoms with E-state index in [4.69, 9.17) is 10.1 Å². The van der Waals surface area contributed by atoms with E-state index in [2.05, 4.69) is 21.7 Å². The van der Waals surface area contributed by atoms with Crippen LogP contribution in [0.15, 0.2) is 66.2 Å². The van der Waals surface area contributed by atoms with Gasteiger partial charge in [0.25, 0.3) is 5.91 Å². The first-order valence-corrected chi connectivity index (χ1v) is 17.2. The Balaban J connectivity index is 0.00000105. The van der Waals surface area contributed by atoms with E-state index in [1.165, 1.54) is 25.1 Å². The van der Waals surface area contributed by atoms with E-state index in [1.54, 1.807) is 34.1 Å². The van der Waals surface area contributed by atoms with E-state index in [0.717, 1.165) is 22.5 Å². The fourth-order valence-electron chi connectivity index (χ4n) is 5.26. The van der Waals surface area contributed by atoms with Crippen LogP contribution in [-0.4, -0.2) is 44.3 Å². The van der Waals surface area contributed by atoms with Gasteiger partial charge in [-0.1, -0.05) is 59.3 Å². The van der Waals surface area contributed by atoms with Gasteiger partial charge >= 0.3 is 0 Å². The van der Waals surface area contributed by atoms with Crippen molar-refractivity contribution in [3.63, 3.8) is 0 Å². The van der Waals surface area contributed by atoms with Crippen molar-refractivity contribution < 1.29 is 32.6 Å². The van der Waals surface area contributed by atoms with Gasteiger partial charge in [0, 0.05) is 53.8 Å². The normalized spacial score (nSPS) is 14.1. The molecule has 0 saturated carbocycles. The van der Waals surface area contributed by atoms with Crippen LogP contribution in [0.5, 0.6) is 11.5 Å². The van der Waals surface area contributed by atoms with E-state index in [9.17, 15) is 18.7 Å². The molecule has 2 heterocycles. The Kier molecular flexibility index (Phi) is 14.8. The highest BCUT2D eigenvalue weighted by molar-refractivity contribution is 7.35. The molecule has 2 unspecified atom stereocenters. The van der Waals surface area contributed by atoms with Crippen LogP contribution >= 0.6 is 8.19 Å². The standard InChI is InChI=1S/C35H32F3N2O3P.C2H7NO.C2H6/c1-18-11-26(29(37)15-28(18)36)33-32-25(20(3)17-43-32)14-31(44-33)27(22-8-6-5-7-9-22)16-40-35(42)24-12-23(10-19(2)34(38)39)21(4)30(41)13-24;1-3-4-2;1-2/h5-15,20,27,39,41H,16-17H2,1-4H3,(H,40,42);3H,1-2H3;1-2H3/b19-10-,39-34?;;. The Morgan fingerprint density at radius 3 is 2.40 bits per heavy atom. The minimum atomic E-state index is -1.10. The van der Waals surface area contributed by atoms with Gasteiger partial charge in [-0.15, -0.1) is 0 Å². The molecular weight excluding hydrogens is 662 g/mol. The van der Waals surface area contributed by atoms with Crippen LogP contribution < -0.4 is 15.5 Å². The Bertz CT molecular complexity index is 1850. The second kappa shape index (κ2) is 18.5. The number of phenols is 1. The lowest BCUT2D eigenvalue weighted by Gasteiger charge is -2.21. The molecule has 0 fully saturated rings. The van der Waals surface area contributed by atoms with Crippen molar-refractivity contribution in [1.82, 2.24) is 10.8 Å². The molecule has 266 valence electrons. The van der Waals surface area contributed by atoms with Crippen LogP contribution in [0, 0.1) is 30.9 Å². The van der Waals surface area contributed by atoms with Crippen molar-refractivity contribution in [2.75, 3.05) is 27.3 Å². The number of halogens is 3. The van der Waals surface area contributed by atoms with Gasteiger partial charge in [-0.3, -0.25) is 10.2 Å². The third-order valence-electron chi connectivity index (χ3n) is 8.16. The van der Waals surface area contributed by atoms with Crippen LogP contribution in [0.25, 0.3) is 16.9 Å². The molecule has 1 amide bonds. The lowest BCUT2D eigenvalue weighted by atomic mass is 9.94. The van der Waals surface area contributed by atoms with Crippen molar-refractivity contribution >= 4 is 26.1 Å². The number of allylic oxidation sites excluding steroid dienone is 1. The van der Waals surface area contributed by atoms with Crippen molar-refractivity contribution in [3.05, 3.63) is 117 Å². The number of fused-ring (bicyclic) bond motifs is 1. The first-order valence-electron chi connectivity index (χ1n) is 16.3. The molecule has 4 N–H and O–H groups in total. The quantitative estimate of drug-likeness (QED) is 0.103. The molecule has 0 radical (unpaired) electrons. The van der Waals surface area contributed by atoms with Crippen molar-refractivity contribution in [3.8, 4) is 22.4 Å². The largest absolute Gasteiger partial charge is 0.508 e. The highest BCUT2D eigenvalue weighted by Crippen LogP contribution is 2.50. The second-order valence-corrected chi connectivity index (χ2v) is 12.7. The number of hydroxylamine groups is 1. The van der Waals surface area contributed by atoms with Gasteiger partial charge in [-0.05, 0) is 78.7 Å². The molecule has 1 aromatic heterocycles. The SMILES string of the molecule is C/C(=C/c1cc(C(=O)NCC(c2ccccc2)c2cc3c(c(-c4cc(C)c(F)cc4F)p2)OCC3C)cc(O)c1C)C(=N)F.CC.CNOC. The summed E-state index contributed by atoms with van der Waals surface area (Å²) in [7, 11) is 3.94. The van der Waals surface area contributed by atoms with E-state index in [0.29, 0.717) is 42.5 Å². The monoisotopic (exact) mass is 707 g/mol. The summed E-state index contributed by atoms with van der Waals surface area (Å²) in [5.74, 6) is -2.60. The lowest BCUT2D eigenvalue weighted by Crippen LogP contribution is -2.28. The molecule has 7 nitrogen and oxygen atoms in total. The summed E-state index contributed by atoms with van der Waals surface area (Å²) in [6.07, 6.45) is 1.41. The van der Waals surface area contributed by atoms with Gasteiger partial charge in [-0.2, -0.15) is 4.39 Å². The van der Waals surface area contributed by atoms with E-state index in [1.807, 2.05) is 51.1 Å². The fraction of sp³-hybridized carbons (Fsp3) is 0.308. The second-order valence-electron chi connectivity index (χ2n) is 11.5. The number of ether oxygens (including phenoxy) is 1. The molecule has 1 aliphatic heterocycles. The topological polar surface area (TPSA) is 104 Å². The molecule has 1 aliphatic rings. The van der Waals surface area contributed by atoms with Gasteiger partial charge in [0.05, 0.1) is 19.0 Å². The number of phenolic OH excluding ortho intramolecular Hbond substituents is 1. The average Bonchev–Trinajstić information content (AvgIpc) is 3.49. The van der Waals surface area contributed by atoms with Crippen LogP contribution in [0.3, 0.4) is 0 Å². The molecule has 5 rings (SSSR count). The maximum Gasteiger partial charge on any atom is 0.251 e. The van der Waals surface area contributed by atoms with Crippen molar-refractivity contribution in [2.24, 2.45) is 0 Å². The summed E-state index contributed by atoms with van der Waals surface area (Å²) in [5.41, 5.74) is 6.03. The molecule has 11 heteroatoms. The number of nitrogens with one attached hydrogen (secondary N) is 3. The van der Waals surface area contributed by atoms with Crippen molar-refractivity contribution in [1.29, 1.82) is 5.41 Å². The van der Waals surface area contributed by atoms with Gasteiger partial charge < -0.3 is 20.0 Å². The highest BCUT2D eigenvalue weighted by Gasteiger charge is 2.29. The first kappa shape index (κ1) is 39.9. The molecule has 50 heavy (non-hydrogen) atoms. The predicted molar refractivity (Wildman–Crippen MR) is 196 cm³/mol. The smallest absolute Gasteiger partial charge is 0.251 e. The molecule has 3 aromatic carbocycles. The maximum absolute atomic E-state index is 15.2. The molecule has 0 saturated heterocycles. The number of rotatable bonds is 9. The zero-order chi connectivity index (χ0) is 37.1. The zero-order valence-corrected chi connectivity index (χ0v) is 30.6. The van der Waals surface area contributed by atoms with Crippen LogP contribution in [0.4, 0.5) is 13.2 Å². The molecule has 0 aliphatic carbocycles. The Morgan fingerprint density at radius 1 is 1.12 bits per heavy atom. The summed E-state index contributed by atoms with van der Waals surface area (Å²) in [5, 5.41) is 22.3. The third-order valence-corrected chi connectivity index (χ3v) is 9.53. The number of hydrogen-bond acceptors (Lipinski definition) is 6. The molecule has 2 atom stereocenters. The number of aryl methyl sites for hydroxylation is 1. The van der Waals surface area contributed by atoms with Crippen LogP contribution in [0.2, 0.25) is 0 Å². The molecule has 4 aromatic rings. The number of carbonyl (C=O) groups excluding carboxylic acids is 1. The summed E-state index contributed by atoms with van der Waals surface area (Å²) >= 11 is 0. The number of amides is 1. The fourth-order valence-corrected chi connectivity index (χ4v) is 6.71. The maximum atomic E-state index is 15.2. The Labute approximate surface area is 294 Å². The van der Waals surface area contributed by atoms with E-state index >= 15 is 4.39 Å². The van der Waals surface area contributed by atoms with Gasteiger partial charge in [0.1, 0.15) is 23.1 Å². The summed E-state index contributed by atoms with van der Waals surface area (Å²) in [6, 6.07) is 17.0. The Morgan fingerprint density at radius 2 is 1.78 bits per heavy atom. The van der Waals surface area contributed by atoms with Gasteiger partial charge in [0.2, 0.25) is 5.97 Å². The predicted octanol–water partition coefficient (Wildman–Crippen LogP) is 9.74. The average molecular weight is 708 g/mol. The van der Waals surface area contributed by atoms with Gasteiger partial charge in [-0.25, -0.2) is 14.3 Å². The molecule has 0 spiro atoms. The number of benzene rings is 3. The minimum absolute atomic E-state index is 0.0531. The Hall–Kier alpha value is -4.50. The number of hydrogen-bond donors (Lipinski definition) is 4.